The van der Waals surface area contributed by atoms with E-state index in [1.807, 2.05) is 24.3 Å². The van der Waals surface area contributed by atoms with E-state index >= 15 is 0 Å². The molecule has 0 bridgehead atoms. The Morgan fingerprint density at radius 3 is 2.75 bits per heavy atom. The number of aromatic hydroxyl groups is 1. The number of allylic oxidation sites excluding steroid dienone is 1. The smallest absolute Gasteiger partial charge is 0.311 e. The van der Waals surface area contributed by atoms with Crippen LogP contribution in [0.4, 0.5) is 11.4 Å². The number of halogens is 1. The van der Waals surface area contributed by atoms with Crippen LogP contribution in [0.2, 0.25) is 5.02 Å². The highest BCUT2D eigenvalue weighted by atomic mass is 35.5. The molecule has 8 heteroatoms. The molecule has 1 aliphatic rings. The molecular weight excluding hydrogens is 398 g/mol. The molecule has 0 saturated carbocycles. The van der Waals surface area contributed by atoms with Gasteiger partial charge in [0.25, 0.3) is 0 Å². The summed E-state index contributed by atoms with van der Waals surface area (Å²) in [6.07, 6.45) is 3.39. The van der Waals surface area contributed by atoms with Gasteiger partial charge in [0.15, 0.2) is 0 Å². The van der Waals surface area contributed by atoms with E-state index in [4.69, 9.17) is 11.6 Å². The van der Waals surface area contributed by atoms with Gasteiger partial charge in [0, 0.05) is 28.1 Å². The second-order valence-corrected chi connectivity index (χ2v) is 7.50. The second kappa shape index (κ2) is 7.46. The Balaban J connectivity index is 1.56. The molecule has 0 radical (unpaired) electrons. The molecule has 28 heavy (non-hydrogen) atoms. The number of hydrogen-bond donors (Lipinski definition) is 2. The molecule has 0 unspecified atom stereocenters. The molecule has 0 fully saturated rings. The van der Waals surface area contributed by atoms with Crippen LogP contribution in [0, 0.1) is 0 Å². The summed E-state index contributed by atoms with van der Waals surface area (Å²) in [6.45, 7) is -0.294. The van der Waals surface area contributed by atoms with E-state index in [0.717, 1.165) is 32.7 Å². The molecular formula is C20H14ClN3O3S. The summed E-state index contributed by atoms with van der Waals surface area (Å²) in [5, 5.41) is 13.7. The first-order valence-corrected chi connectivity index (χ1v) is 9.54. The minimum Gasteiger partial charge on any atom is -0.493 e. The first kappa shape index (κ1) is 18.2. The highest BCUT2D eigenvalue weighted by Gasteiger charge is 2.18. The van der Waals surface area contributed by atoms with Crippen LogP contribution in [0.5, 0.6) is 5.88 Å². The number of anilines is 1. The summed E-state index contributed by atoms with van der Waals surface area (Å²) in [5.41, 5.74) is 3.11. The van der Waals surface area contributed by atoms with Crippen molar-refractivity contribution >= 4 is 58.1 Å². The standard InChI is InChI=1S/C20H14ClN3O3S/c21-13-5-7-14(8-6-13)23-18(25)11-24-19(26)17(28-20(24)27)9-12-10-22-16-4-2-1-3-15(12)16/h1-10,26H,11H2,(H,23,25)/b12-9-. The van der Waals surface area contributed by atoms with Crippen molar-refractivity contribution in [3.63, 3.8) is 0 Å². The lowest BCUT2D eigenvalue weighted by atomic mass is 10.1. The van der Waals surface area contributed by atoms with Crippen LogP contribution in [-0.2, 0) is 11.3 Å². The lowest BCUT2D eigenvalue weighted by molar-refractivity contribution is -0.116. The Morgan fingerprint density at radius 1 is 1.21 bits per heavy atom. The number of thiazole rings is 1. The molecule has 1 aromatic heterocycles. The Morgan fingerprint density at radius 2 is 1.96 bits per heavy atom. The van der Waals surface area contributed by atoms with Gasteiger partial charge in [-0.3, -0.25) is 19.1 Å². The molecule has 2 N–H and O–H groups in total. The quantitative estimate of drug-likeness (QED) is 0.676. The summed E-state index contributed by atoms with van der Waals surface area (Å²) in [4.78, 5) is 28.8. The topological polar surface area (TPSA) is 83.7 Å². The lowest BCUT2D eigenvalue weighted by Gasteiger charge is -2.06. The second-order valence-electron chi connectivity index (χ2n) is 6.07. The summed E-state index contributed by atoms with van der Waals surface area (Å²) in [6, 6.07) is 14.2. The number of fused-ring (bicyclic) bond motifs is 1. The number of aromatic nitrogens is 1. The monoisotopic (exact) mass is 411 g/mol. The summed E-state index contributed by atoms with van der Waals surface area (Å²) < 4.78 is 1.04. The number of rotatable bonds is 4. The zero-order valence-electron chi connectivity index (χ0n) is 14.4. The summed E-state index contributed by atoms with van der Waals surface area (Å²) >= 11 is 6.69. The van der Waals surface area contributed by atoms with Gasteiger partial charge in [0.1, 0.15) is 6.54 Å². The van der Waals surface area contributed by atoms with Crippen LogP contribution in [-0.4, -0.2) is 21.8 Å². The molecule has 0 saturated heterocycles. The Hall–Kier alpha value is -3.16. The lowest BCUT2D eigenvalue weighted by Crippen LogP contribution is -2.24. The fourth-order valence-corrected chi connectivity index (χ4v) is 3.78. The number of benzene rings is 2. The summed E-state index contributed by atoms with van der Waals surface area (Å²) in [7, 11) is 0. The minimum absolute atomic E-state index is 0.244. The van der Waals surface area contributed by atoms with Crippen molar-refractivity contribution in [2.24, 2.45) is 4.99 Å². The van der Waals surface area contributed by atoms with Crippen molar-refractivity contribution in [3.8, 4) is 5.88 Å². The SMILES string of the molecule is O=C(Cn1c(O)c(/C=C2/C=Nc3ccccc32)sc1=O)Nc1ccc(Cl)cc1. The molecule has 3 aromatic rings. The molecule has 0 aliphatic carbocycles. The van der Waals surface area contributed by atoms with Gasteiger partial charge in [-0.05, 0) is 36.4 Å². The third kappa shape index (κ3) is 3.62. The Bertz CT molecular complexity index is 1180. The van der Waals surface area contributed by atoms with Crippen molar-refractivity contribution in [2.75, 3.05) is 5.32 Å². The van der Waals surface area contributed by atoms with Crippen LogP contribution < -0.4 is 10.2 Å². The van der Waals surface area contributed by atoms with E-state index in [-0.39, 0.29) is 12.4 Å². The van der Waals surface area contributed by atoms with Crippen molar-refractivity contribution in [3.05, 3.63) is 73.7 Å². The third-order valence-corrected chi connectivity index (χ3v) is 5.34. The number of nitrogens with one attached hydrogen (secondary N) is 1. The normalized spacial score (nSPS) is 13.7. The highest BCUT2D eigenvalue weighted by molar-refractivity contribution is 7.10. The van der Waals surface area contributed by atoms with Gasteiger partial charge in [-0.25, -0.2) is 0 Å². The number of aliphatic imine (C=N–C) groups is 1. The van der Waals surface area contributed by atoms with Crippen molar-refractivity contribution in [1.29, 1.82) is 0 Å². The van der Waals surface area contributed by atoms with Gasteiger partial charge in [0.05, 0.1) is 10.6 Å². The zero-order valence-corrected chi connectivity index (χ0v) is 16.0. The van der Waals surface area contributed by atoms with E-state index in [0.29, 0.717) is 15.6 Å². The predicted octanol–water partition coefficient (Wildman–Crippen LogP) is 4.16. The van der Waals surface area contributed by atoms with E-state index in [1.165, 1.54) is 0 Å². The molecule has 2 heterocycles. The Kier molecular flexibility index (Phi) is 4.85. The van der Waals surface area contributed by atoms with Crippen molar-refractivity contribution in [2.45, 2.75) is 6.54 Å². The first-order valence-electron chi connectivity index (χ1n) is 8.34. The largest absolute Gasteiger partial charge is 0.493 e. The minimum atomic E-state index is -0.426. The molecule has 140 valence electrons. The van der Waals surface area contributed by atoms with Crippen molar-refractivity contribution in [1.82, 2.24) is 4.57 Å². The van der Waals surface area contributed by atoms with Crippen LogP contribution in [0.1, 0.15) is 10.4 Å². The molecule has 2 aromatic carbocycles. The number of para-hydroxylation sites is 1. The maximum Gasteiger partial charge on any atom is 0.311 e. The zero-order chi connectivity index (χ0) is 19.7. The molecule has 6 nitrogen and oxygen atoms in total. The number of carbonyl (C=O) groups excluding carboxylic acids is 1. The maximum atomic E-state index is 12.3. The van der Waals surface area contributed by atoms with Crippen LogP contribution in [0.3, 0.4) is 0 Å². The van der Waals surface area contributed by atoms with Gasteiger partial charge in [-0.15, -0.1) is 0 Å². The van der Waals surface area contributed by atoms with Gasteiger partial charge in [0.2, 0.25) is 11.8 Å². The molecule has 0 atom stereocenters. The number of nitrogens with zero attached hydrogens (tertiary/aromatic N) is 2. The summed E-state index contributed by atoms with van der Waals surface area (Å²) in [5.74, 6) is -0.670. The molecule has 0 spiro atoms. The predicted molar refractivity (Wildman–Crippen MR) is 113 cm³/mol. The van der Waals surface area contributed by atoms with E-state index in [2.05, 4.69) is 10.3 Å². The maximum absolute atomic E-state index is 12.3. The van der Waals surface area contributed by atoms with E-state index in [1.54, 1.807) is 36.6 Å². The Labute approximate surface area is 169 Å². The molecule has 1 amide bonds. The van der Waals surface area contributed by atoms with Gasteiger partial charge < -0.3 is 10.4 Å². The number of amides is 1. The third-order valence-electron chi connectivity index (χ3n) is 4.17. The van der Waals surface area contributed by atoms with Crippen LogP contribution in [0.25, 0.3) is 11.6 Å². The average Bonchev–Trinajstić information content (AvgIpc) is 3.20. The van der Waals surface area contributed by atoms with E-state index < -0.39 is 10.8 Å². The first-order chi connectivity index (χ1) is 13.5. The number of hydrogen-bond acceptors (Lipinski definition) is 5. The van der Waals surface area contributed by atoms with Crippen LogP contribution in [0.15, 0.2) is 58.3 Å². The van der Waals surface area contributed by atoms with Gasteiger partial charge >= 0.3 is 4.87 Å². The van der Waals surface area contributed by atoms with Crippen molar-refractivity contribution < 1.29 is 9.90 Å². The average molecular weight is 412 g/mol. The fraction of sp³-hybridized carbons (Fsp3) is 0.0500. The van der Waals surface area contributed by atoms with Crippen LogP contribution >= 0.6 is 22.9 Å². The fourth-order valence-electron chi connectivity index (χ4n) is 2.82. The van der Waals surface area contributed by atoms with E-state index in [9.17, 15) is 14.7 Å². The molecule has 4 rings (SSSR count). The highest BCUT2D eigenvalue weighted by Crippen LogP contribution is 2.34. The number of carbonyl (C=O) groups is 1. The molecule has 1 aliphatic heterocycles. The van der Waals surface area contributed by atoms with Gasteiger partial charge in [-0.2, -0.15) is 0 Å². The van der Waals surface area contributed by atoms with Gasteiger partial charge in [-0.1, -0.05) is 41.1 Å².